The zero-order valence-electron chi connectivity index (χ0n) is 21.6. The molecular weight excluding hydrogens is 530 g/mol. The molecule has 0 bridgehead atoms. The van der Waals surface area contributed by atoms with E-state index < -0.39 is 37.8 Å². The molecule has 0 unspecified atom stereocenters. The Kier molecular flexibility index (Phi) is 6.94. The van der Waals surface area contributed by atoms with Crippen LogP contribution in [0.3, 0.4) is 0 Å². The fourth-order valence-electron chi connectivity index (χ4n) is 4.11. The zero-order chi connectivity index (χ0) is 28.0. The van der Waals surface area contributed by atoms with Crippen LogP contribution in [0.15, 0.2) is 52.4 Å². The van der Waals surface area contributed by atoms with Crippen molar-refractivity contribution < 1.29 is 26.4 Å². The summed E-state index contributed by atoms with van der Waals surface area (Å²) in [4.78, 5) is 16.3. The van der Waals surface area contributed by atoms with Gasteiger partial charge in [-0.25, -0.2) is 21.6 Å². The van der Waals surface area contributed by atoms with Gasteiger partial charge in [0, 0.05) is 31.7 Å². The van der Waals surface area contributed by atoms with Gasteiger partial charge in [0.15, 0.2) is 0 Å². The van der Waals surface area contributed by atoms with Crippen molar-refractivity contribution >= 4 is 42.7 Å². The number of rotatable bonds is 6. The molecule has 2 heterocycles. The van der Waals surface area contributed by atoms with Crippen LogP contribution in [0.4, 0.5) is 10.5 Å². The Labute approximate surface area is 222 Å². The second-order valence-corrected chi connectivity index (χ2v) is 13.8. The van der Waals surface area contributed by atoms with Gasteiger partial charge < -0.3 is 14.6 Å². The quantitative estimate of drug-likeness (QED) is 0.469. The summed E-state index contributed by atoms with van der Waals surface area (Å²) in [6.07, 6.45) is 1.01. The molecule has 0 radical (unpaired) electrons. The summed E-state index contributed by atoms with van der Waals surface area (Å²) in [7, 11) is -6.57. The first kappa shape index (κ1) is 27.4. The first-order chi connectivity index (χ1) is 17.6. The van der Waals surface area contributed by atoms with Crippen LogP contribution in [0, 0.1) is 18.3 Å². The molecule has 1 aliphatic heterocycles. The number of nitriles is 1. The molecule has 0 saturated carbocycles. The van der Waals surface area contributed by atoms with Gasteiger partial charge in [-0.05, 0) is 63.6 Å². The Bertz CT molecular complexity index is 1640. The molecule has 2 aromatic carbocycles. The zero-order valence-corrected chi connectivity index (χ0v) is 23.3. The Morgan fingerprint density at radius 3 is 2.29 bits per heavy atom. The molecule has 4 rings (SSSR count). The average molecular weight is 560 g/mol. The summed E-state index contributed by atoms with van der Waals surface area (Å²) in [5.74, 6) is 0. The largest absolute Gasteiger partial charge is 0.444 e. The lowest BCUT2D eigenvalue weighted by Crippen LogP contribution is -2.61. The number of H-pyrrole nitrogens is 1. The minimum absolute atomic E-state index is 0.0737. The van der Waals surface area contributed by atoms with E-state index in [1.54, 1.807) is 32.9 Å². The molecule has 1 amide bonds. The standard InChI is InChI=1S/C25H29N5O6S2/c1-16-6-11-21(23-22(16)17(12-26)13-27-23)28-37(32,33)19-7-9-20(10-8-19)38(34,35)29(5)18-14-30(15-18)24(31)36-25(2,3)4/h6-11,13,18,27-28H,14-15H2,1-5H3. The van der Waals surface area contributed by atoms with Crippen molar-refractivity contribution in [2.45, 2.75) is 49.1 Å². The highest BCUT2D eigenvalue weighted by atomic mass is 32.2. The van der Waals surface area contributed by atoms with Crippen molar-refractivity contribution in [3.8, 4) is 6.07 Å². The third-order valence-electron chi connectivity index (χ3n) is 6.25. The SMILES string of the molecule is Cc1ccc(NS(=O)(=O)c2ccc(S(=O)(=O)N(C)C3CN(C(=O)OC(C)(C)C)C3)cc2)c2[nH]cc(C#N)c12. The highest BCUT2D eigenvalue weighted by molar-refractivity contribution is 7.92. The van der Waals surface area contributed by atoms with E-state index in [0.29, 0.717) is 16.5 Å². The van der Waals surface area contributed by atoms with Gasteiger partial charge in [0.1, 0.15) is 11.7 Å². The smallest absolute Gasteiger partial charge is 0.410 e. The van der Waals surface area contributed by atoms with Crippen LogP contribution in [0.2, 0.25) is 0 Å². The number of hydrogen-bond donors (Lipinski definition) is 2. The third-order valence-corrected chi connectivity index (χ3v) is 9.55. The average Bonchev–Trinajstić information content (AvgIpc) is 3.24. The van der Waals surface area contributed by atoms with Crippen LogP contribution in [0.25, 0.3) is 10.9 Å². The summed E-state index contributed by atoms with van der Waals surface area (Å²) in [5.41, 5.74) is 1.32. The van der Waals surface area contributed by atoms with Crippen molar-refractivity contribution in [2.24, 2.45) is 0 Å². The summed E-state index contributed by atoms with van der Waals surface area (Å²) in [5, 5.41) is 9.95. The Morgan fingerprint density at radius 2 is 1.71 bits per heavy atom. The molecule has 11 nitrogen and oxygen atoms in total. The topological polar surface area (TPSA) is 153 Å². The van der Waals surface area contributed by atoms with Crippen LogP contribution in [0.5, 0.6) is 0 Å². The number of aryl methyl sites for hydroxylation is 1. The Hall–Kier alpha value is -3.60. The molecule has 202 valence electrons. The van der Waals surface area contributed by atoms with Crippen LogP contribution in [0.1, 0.15) is 31.9 Å². The lowest BCUT2D eigenvalue weighted by Gasteiger charge is -2.43. The van der Waals surface area contributed by atoms with Crippen LogP contribution >= 0.6 is 0 Å². The van der Waals surface area contributed by atoms with E-state index in [2.05, 4.69) is 15.8 Å². The van der Waals surface area contributed by atoms with E-state index >= 15 is 0 Å². The number of nitrogens with zero attached hydrogens (tertiary/aromatic N) is 3. The predicted molar refractivity (Wildman–Crippen MR) is 142 cm³/mol. The summed E-state index contributed by atoms with van der Waals surface area (Å²) in [6, 6.07) is 9.87. The van der Waals surface area contributed by atoms with Gasteiger partial charge in [-0.3, -0.25) is 4.72 Å². The number of ether oxygens (including phenoxy) is 1. The first-order valence-corrected chi connectivity index (χ1v) is 14.7. The van der Waals surface area contributed by atoms with E-state index in [0.717, 1.165) is 5.56 Å². The van der Waals surface area contributed by atoms with Gasteiger partial charge >= 0.3 is 6.09 Å². The summed E-state index contributed by atoms with van der Waals surface area (Å²) in [6.45, 7) is 7.47. The number of carbonyl (C=O) groups is 1. The Balaban J connectivity index is 1.48. The number of carbonyl (C=O) groups excluding carboxylic acids is 1. The van der Waals surface area contributed by atoms with Crippen LogP contribution in [-0.2, 0) is 24.8 Å². The summed E-state index contributed by atoms with van der Waals surface area (Å²) >= 11 is 0. The molecule has 1 fully saturated rings. The van der Waals surface area contributed by atoms with Crippen molar-refractivity contribution in [3.05, 3.63) is 53.7 Å². The fraction of sp³-hybridized carbons (Fsp3) is 0.360. The second-order valence-electron chi connectivity index (χ2n) is 10.1. The number of aromatic nitrogens is 1. The molecule has 0 atom stereocenters. The lowest BCUT2D eigenvalue weighted by molar-refractivity contribution is -0.00134. The minimum atomic E-state index is -4.06. The second kappa shape index (κ2) is 9.61. The van der Waals surface area contributed by atoms with E-state index in [-0.39, 0.29) is 28.6 Å². The van der Waals surface area contributed by atoms with Crippen LogP contribution < -0.4 is 4.72 Å². The molecule has 0 spiro atoms. The molecule has 1 aromatic heterocycles. The van der Waals surface area contributed by atoms with E-state index in [1.807, 2.05) is 6.92 Å². The van der Waals surface area contributed by atoms with Crippen molar-refractivity contribution in [2.75, 3.05) is 24.9 Å². The number of anilines is 1. The monoisotopic (exact) mass is 559 g/mol. The number of hydrogen-bond acceptors (Lipinski definition) is 7. The normalized spacial score (nSPS) is 14.8. The van der Waals surface area contributed by atoms with Crippen molar-refractivity contribution in [3.63, 3.8) is 0 Å². The Morgan fingerprint density at radius 1 is 1.11 bits per heavy atom. The predicted octanol–water partition coefficient (Wildman–Crippen LogP) is 3.39. The maximum absolute atomic E-state index is 13.1. The number of sulfonamides is 2. The summed E-state index contributed by atoms with van der Waals surface area (Å²) < 4.78 is 61.4. The van der Waals surface area contributed by atoms with Gasteiger partial charge in [-0.2, -0.15) is 9.57 Å². The molecule has 3 aromatic rings. The molecule has 38 heavy (non-hydrogen) atoms. The number of benzene rings is 2. The number of likely N-dealkylation sites (N-methyl/N-ethyl adjacent to an activating group) is 1. The fourth-order valence-corrected chi connectivity index (χ4v) is 6.52. The van der Waals surface area contributed by atoms with Gasteiger partial charge in [0.05, 0.1) is 32.6 Å². The van der Waals surface area contributed by atoms with Gasteiger partial charge in [-0.1, -0.05) is 6.07 Å². The van der Waals surface area contributed by atoms with Crippen molar-refractivity contribution in [1.82, 2.24) is 14.2 Å². The first-order valence-electron chi connectivity index (χ1n) is 11.7. The maximum Gasteiger partial charge on any atom is 0.410 e. The molecule has 2 N–H and O–H groups in total. The third kappa shape index (κ3) is 5.20. The number of amides is 1. The van der Waals surface area contributed by atoms with Gasteiger partial charge in [0.25, 0.3) is 10.0 Å². The van der Waals surface area contributed by atoms with Gasteiger partial charge in [0.2, 0.25) is 10.0 Å². The van der Waals surface area contributed by atoms with E-state index in [1.165, 1.54) is 46.7 Å². The van der Waals surface area contributed by atoms with Crippen LogP contribution in [-0.4, -0.2) is 68.9 Å². The number of nitrogens with one attached hydrogen (secondary N) is 2. The number of fused-ring (bicyclic) bond motifs is 1. The molecular formula is C25H29N5O6S2. The van der Waals surface area contributed by atoms with Gasteiger partial charge in [-0.15, -0.1) is 0 Å². The highest BCUT2D eigenvalue weighted by Crippen LogP contribution is 2.30. The lowest BCUT2D eigenvalue weighted by atomic mass is 10.1. The molecule has 0 aliphatic carbocycles. The van der Waals surface area contributed by atoms with E-state index in [4.69, 9.17) is 4.74 Å². The molecule has 1 aliphatic rings. The maximum atomic E-state index is 13.1. The molecule has 13 heteroatoms. The molecule has 1 saturated heterocycles. The number of aromatic amines is 1. The number of likely N-dealkylation sites (tertiary alicyclic amines) is 1. The minimum Gasteiger partial charge on any atom is -0.444 e. The van der Waals surface area contributed by atoms with E-state index in [9.17, 15) is 26.9 Å². The highest BCUT2D eigenvalue weighted by Gasteiger charge is 2.40. The van der Waals surface area contributed by atoms with Crippen molar-refractivity contribution in [1.29, 1.82) is 5.26 Å².